The van der Waals surface area contributed by atoms with Gasteiger partial charge >= 0.3 is 0 Å². The molecule has 0 aliphatic heterocycles. The number of benzene rings is 2. The minimum absolute atomic E-state index is 0.0483. The van der Waals surface area contributed by atoms with Gasteiger partial charge in [-0.2, -0.15) is 5.26 Å². The molecule has 1 atom stereocenters. The summed E-state index contributed by atoms with van der Waals surface area (Å²) in [7, 11) is 0. The zero-order valence-corrected chi connectivity index (χ0v) is 13.6. The summed E-state index contributed by atoms with van der Waals surface area (Å²) in [5.41, 5.74) is 1.75. The SMILES string of the molecule is CC(C)(NCC(O)c1ccc(C#N)cc1)c1ccc([N+](=O)[O-])cc1. The van der Waals surface area contributed by atoms with E-state index in [2.05, 4.69) is 5.32 Å². The molecule has 2 aromatic rings. The Hall–Kier alpha value is -2.75. The largest absolute Gasteiger partial charge is 0.387 e. The number of hydrogen-bond acceptors (Lipinski definition) is 5. The van der Waals surface area contributed by atoms with Crippen molar-refractivity contribution >= 4 is 5.69 Å². The van der Waals surface area contributed by atoms with Crippen molar-refractivity contribution in [1.82, 2.24) is 5.32 Å². The second kappa shape index (κ2) is 7.21. The number of aliphatic hydroxyl groups excluding tert-OH is 1. The van der Waals surface area contributed by atoms with Crippen molar-refractivity contribution in [3.8, 4) is 6.07 Å². The molecular formula is C18H19N3O3. The topological polar surface area (TPSA) is 99.2 Å². The van der Waals surface area contributed by atoms with E-state index >= 15 is 0 Å². The van der Waals surface area contributed by atoms with Crippen LogP contribution in [0.2, 0.25) is 0 Å². The third kappa shape index (κ3) is 4.16. The molecule has 0 bridgehead atoms. The van der Waals surface area contributed by atoms with E-state index in [4.69, 9.17) is 5.26 Å². The summed E-state index contributed by atoms with van der Waals surface area (Å²) in [6.45, 7) is 4.20. The smallest absolute Gasteiger partial charge is 0.269 e. The first-order valence-electron chi connectivity index (χ1n) is 7.51. The highest BCUT2D eigenvalue weighted by molar-refractivity contribution is 5.36. The van der Waals surface area contributed by atoms with Crippen LogP contribution in [0.1, 0.15) is 36.6 Å². The summed E-state index contributed by atoms with van der Waals surface area (Å²) in [5, 5.41) is 33.0. The van der Waals surface area contributed by atoms with Crippen LogP contribution in [0.25, 0.3) is 0 Å². The van der Waals surface area contributed by atoms with E-state index in [1.165, 1.54) is 12.1 Å². The Morgan fingerprint density at radius 2 is 1.79 bits per heavy atom. The summed E-state index contributed by atoms with van der Waals surface area (Å²) in [4.78, 5) is 10.3. The fraction of sp³-hybridized carbons (Fsp3) is 0.278. The Kier molecular flexibility index (Phi) is 5.29. The number of aliphatic hydroxyl groups is 1. The summed E-state index contributed by atoms with van der Waals surface area (Å²) < 4.78 is 0. The summed E-state index contributed by atoms with van der Waals surface area (Å²) in [6, 6.07) is 15.2. The lowest BCUT2D eigenvalue weighted by atomic mass is 9.93. The molecule has 24 heavy (non-hydrogen) atoms. The summed E-state index contributed by atoms with van der Waals surface area (Å²) >= 11 is 0. The van der Waals surface area contributed by atoms with Gasteiger partial charge in [0.15, 0.2) is 0 Å². The van der Waals surface area contributed by atoms with Gasteiger partial charge in [-0.15, -0.1) is 0 Å². The van der Waals surface area contributed by atoms with Crippen LogP contribution in [0.4, 0.5) is 5.69 Å². The molecule has 2 N–H and O–H groups in total. The Labute approximate surface area is 140 Å². The number of nitrogens with zero attached hydrogens (tertiary/aromatic N) is 2. The van der Waals surface area contributed by atoms with Gasteiger partial charge in [0.05, 0.1) is 22.7 Å². The Morgan fingerprint density at radius 3 is 2.29 bits per heavy atom. The van der Waals surface area contributed by atoms with E-state index in [1.807, 2.05) is 19.9 Å². The van der Waals surface area contributed by atoms with Crippen molar-refractivity contribution in [3.05, 3.63) is 75.3 Å². The average molecular weight is 325 g/mol. The van der Waals surface area contributed by atoms with E-state index in [1.54, 1.807) is 36.4 Å². The first kappa shape index (κ1) is 17.6. The Balaban J connectivity index is 2.02. The first-order chi connectivity index (χ1) is 11.3. The van der Waals surface area contributed by atoms with Crippen LogP contribution in [-0.4, -0.2) is 16.6 Å². The van der Waals surface area contributed by atoms with Gasteiger partial charge in [0.2, 0.25) is 0 Å². The van der Waals surface area contributed by atoms with Crippen molar-refractivity contribution in [2.24, 2.45) is 0 Å². The van der Waals surface area contributed by atoms with Gasteiger partial charge in [-0.25, -0.2) is 0 Å². The molecule has 0 heterocycles. The minimum atomic E-state index is -0.713. The predicted molar refractivity (Wildman–Crippen MR) is 90.2 cm³/mol. The number of hydrogen-bond donors (Lipinski definition) is 2. The number of nitro benzene ring substituents is 1. The highest BCUT2D eigenvalue weighted by atomic mass is 16.6. The molecule has 0 amide bonds. The molecule has 0 radical (unpaired) electrons. The number of nitriles is 1. The molecule has 6 nitrogen and oxygen atoms in total. The molecule has 0 saturated carbocycles. The van der Waals surface area contributed by atoms with E-state index in [0.717, 1.165) is 11.1 Å². The predicted octanol–water partition coefficient (Wildman–Crippen LogP) is 3.02. The van der Waals surface area contributed by atoms with Gasteiger partial charge in [0.25, 0.3) is 5.69 Å². The molecule has 6 heteroatoms. The monoisotopic (exact) mass is 325 g/mol. The Bertz CT molecular complexity index is 747. The molecule has 0 aliphatic carbocycles. The maximum atomic E-state index is 10.7. The van der Waals surface area contributed by atoms with Gasteiger partial charge in [0.1, 0.15) is 0 Å². The van der Waals surface area contributed by atoms with E-state index < -0.39 is 16.6 Å². The average Bonchev–Trinajstić information content (AvgIpc) is 2.60. The second-order valence-corrected chi connectivity index (χ2v) is 6.06. The number of nitrogens with one attached hydrogen (secondary N) is 1. The number of rotatable bonds is 6. The molecule has 0 aromatic heterocycles. The summed E-state index contributed by atoms with van der Waals surface area (Å²) in [5.74, 6) is 0. The van der Waals surface area contributed by atoms with Gasteiger partial charge in [-0.1, -0.05) is 24.3 Å². The fourth-order valence-electron chi connectivity index (χ4n) is 2.35. The van der Waals surface area contributed by atoms with Crippen LogP contribution < -0.4 is 5.32 Å². The van der Waals surface area contributed by atoms with E-state index in [0.29, 0.717) is 12.1 Å². The van der Waals surface area contributed by atoms with Crippen molar-refractivity contribution < 1.29 is 10.0 Å². The highest BCUT2D eigenvalue weighted by Crippen LogP contribution is 2.24. The number of nitro groups is 1. The van der Waals surface area contributed by atoms with Crippen molar-refractivity contribution in [1.29, 1.82) is 5.26 Å². The van der Waals surface area contributed by atoms with Crippen LogP contribution in [0.3, 0.4) is 0 Å². The molecule has 1 unspecified atom stereocenters. The third-order valence-electron chi connectivity index (χ3n) is 3.96. The van der Waals surface area contributed by atoms with Gasteiger partial charge in [0, 0.05) is 24.2 Å². The Morgan fingerprint density at radius 1 is 1.21 bits per heavy atom. The third-order valence-corrected chi connectivity index (χ3v) is 3.96. The lowest BCUT2D eigenvalue weighted by Gasteiger charge is -2.28. The normalized spacial score (nSPS) is 12.4. The zero-order valence-electron chi connectivity index (χ0n) is 13.6. The minimum Gasteiger partial charge on any atom is -0.387 e. The molecule has 0 aliphatic rings. The first-order valence-corrected chi connectivity index (χ1v) is 7.51. The summed E-state index contributed by atoms with van der Waals surface area (Å²) in [6.07, 6.45) is -0.713. The van der Waals surface area contributed by atoms with Gasteiger partial charge in [-0.3, -0.25) is 10.1 Å². The second-order valence-electron chi connectivity index (χ2n) is 6.06. The van der Waals surface area contributed by atoms with Crippen LogP contribution >= 0.6 is 0 Å². The standard InChI is InChI=1S/C18H19N3O3/c1-18(2,15-7-9-16(10-8-15)21(23)24)20-12-17(22)14-5-3-13(11-19)4-6-14/h3-10,17,20,22H,12H2,1-2H3. The van der Waals surface area contributed by atoms with Crippen molar-refractivity contribution in [2.45, 2.75) is 25.5 Å². The van der Waals surface area contributed by atoms with Crippen LogP contribution in [-0.2, 0) is 5.54 Å². The van der Waals surface area contributed by atoms with E-state index in [9.17, 15) is 15.2 Å². The molecule has 2 rings (SSSR count). The maximum Gasteiger partial charge on any atom is 0.269 e. The van der Waals surface area contributed by atoms with E-state index in [-0.39, 0.29) is 5.69 Å². The van der Waals surface area contributed by atoms with Gasteiger partial charge in [-0.05, 0) is 37.1 Å². The van der Waals surface area contributed by atoms with Crippen LogP contribution in [0, 0.1) is 21.4 Å². The molecular weight excluding hydrogens is 306 g/mol. The van der Waals surface area contributed by atoms with Crippen molar-refractivity contribution in [2.75, 3.05) is 6.54 Å². The molecule has 0 fully saturated rings. The molecule has 2 aromatic carbocycles. The van der Waals surface area contributed by atoms with Crippen molar-refractivity contribution in [3.63, 3.8) is 0 Å². The van der Waals surface area contributed by atoms with Crippen LogP contribution in [0.5, 0.6) is 0 Å². The fourth-order valence-corrected chi connectivity index (χ4v) is 2.35. The highest BCUT2D eigenvalue weighted by Gasteiger charge is 2.22. The zero-order chi connectivity index (χ0) is 17.7. The lowest BCUT2D eigenvalue weighted by Crippen LogP contribution is -2.39. The molecule has 0 spiro atoms. The number of non-ortho nitro benzene ring substituents is 1. The lowest BCUT2D eigenvalue weighted by molar-refractivity contribution is -0.384. The quantitative estimate of drug-likeness (QED) is 0.628. The van der Waals surface area contributed by atoms with Gasteiger partial charge < -0.3 is 10.4 Å². The molecule has 124 valence electrons. The molecule has 0 saturated heterocycles. The van der Waals surface area contributed by atoms with Crippen LogP contribution in [0.15, 0.2) is 48.5 Å². The maximum absolute atomic E-state index is 10.7.